The zero-order valence-corrected chi connectivity index (χ0v) is 15.9. The van der Waals surface area contributed by atoms with Gasteiger partial charge in [0.1, 0.15) is 15.7 Å². The van der Waals surface area contributed by atoms with E-state index in [4.69, 9.17) is 16.3 Å². The number of hydrogen-bond donors (Lipinski definition) is 0. The van der Waals surface area contributed by atoms with E-state index in [-0.39, 0.29) is 0 Å². The Morgan fingerprint density at radius 1 is 1.21 bits per heavy atom. The lowest BCUT2D eigenvalue weighted by molar-refractivity contribution is 0.318. The van der Waals surface area contributed by atoms with Crippen molar-refractivity contribution in [2.75, 3.05) is 12.4 Å². The molecular formula is C18H19ClN2OS2. The molecule has 0 radical (unpaired) electrons. The van der Waals surface area contributed by atoms with Gasteiger partial charge in [-0.2, -0.15) is 0 Å². The highest BCUT2D eigenvalue weighted by molar-refractivity contribution is 7.99. The first-order chi connectivity index (χ1) is 11.8. The predicted octanol–water partition coefficient (Wildman–Crippen LogP) is 5.86. The van der Waals surface area contributed by atoms with Crippen LogP contribution >= 0.6 is 34.7 Å². The van der Waals surface area contributed by atoms with Crippen LogP contribution in [0.15, 0.2) is 41.6 Å². The van der Waals surface area contributed by atoms with Crippen LogP contribution in [0.25, 0.3) is 10.2 Å². The van der Waals surface area contributed by atoms with Gasteiger partial charge in [-0.3, -0.25) is 0 Å². The van der Waals surface area contributed by atoms with E-state index in [1.807, 2.05) is 30.3 Å². The smallest absolute Gasteiger partial charge is 0.190 e. The third-order valence-corrected chi connectivity index (χ3v) is 5.72. The molecule has 0 bridgehead atoms. The number of thioether (sulfide) groups is 1. The van der Waals surface area contributed by atoms with Gasteiger partial charge in [-0.25, -0.2) is 9.97 Å². The molecule has 6 heteroatoms. The van der Waals surface area contributed by atoms with E-state index in [1.165, 1.54) is 4.88 Å². The maximum Gasteiger partial charge on any atom is 0.190 e. The molecule has 2 aromatic heterocycles. The van der Waals surface area contributed by atoms with Crippen LogP contribution in [0.4, 0.5) is 0 Å². The molecule has 0 aliphatic heterocycles. The molecule has 0 amide bonds. The van der Waals surface area contributed by atoms with Crippen molar-refractivity contribution in [2.45, 2.75) is 31.3 Å². The number of nitrogens with zero attached hydrogens (tertiary/aromatic N) is 2. The van der Waals surface area contributed by atoms with Crippen LogP contribution in [0.2, 0.25) is 5.15 Å². The zero-order valence-electron chi connectivity index (χ0n) is 13.5. The molecule has 0 aliphatic rings. The molecule has 0 unspecified atom stereocenters. The number of aromatic nitrogens is 2. The van der Waals surface area contributed by atoms with Crippen molar-refractivity contribution in [1.82, 2.24) is 9.97 Å². The Morgan fingerprint density at radius 3 is 2.83 bits per heavy atom. The molecule has 0 saturated carbocycles. The Bertz CT molecular complexity index is 792. The number of fused-ring (bicyclic) bond motifs is 1. The Hall–Kier alpha value is -1.30. The molecule has 2 heterocycles. The largest absolute Gasteiger partial charge is 0.494 e. The summed E-state index contributed by atoms with van der Waals surface area (Å²) in [4.78, 5) is 11.4. The number of hydrogen-bond acceptors (Lipinski definition) is 5. The van der Waals surface area contributed by atoms with Crippen molar-refractivity contribution in [3.63, 3.8) is 0 Å². The molecule has 0 saturated heterocycles. The van der Waals surface area contributed by atoms with Crippen LogP contribution in [0.5, 0.6) is 5.75 Å². The minimum absolute atomic E-state index is 0.557. The lowest BCUT2D eigenvalue weighted by Gasteiger charge is -2.05. The molecule has 3 nitrogen and oxygen atoms in total. The molecule has 126 valence electrons. The molecule has 1 aromatic carbocycles. The van der Waals surface area contributed by atoms with Gasteiger partial charge in [0.2, 0.25) is 0 Å². The quantitative estimate of drug-likeness (QED) is 0.213. The summed E-state index contributed by atoms with van der Waals surface area (Å²) in [6.45, 7) is 2.86. The molecule has 3 rings (SSSR count). The van der Waals surface area contributed by atoms with Gasteiger partial charge in [0.05, 0.1) is 6.61 Å². The Balaban J connectivity index is 1.53. The van der Waals surface area contributed by atoms with Crippen molar-refractivity contribution < 1.29 is 4.74 Å². The van der Waals surface area contributed by atoms with Crippen molar-refractivity contribution in [3.05, 3.63) is 46.4 Å². The van der Waals surface area contributed by atoms with E-state index in [1.54, 1.807) is 23.1 Å². The Morgan fingerprint density at radius 2 is 2.04 bits per heavy atom. The van der Waals surface area contributed by atoms with Crippen molar-refractivity contribution in [3.8, 4) is 5.75 Å². The van der Waals surface area contributed by atoms with E-state index in [2.05, 4.69) is 23.0 Å². The van der Waals surface area contributed by atoms with Crippen molar-refractivity contribution >= 4 is 44.9 Å². The highest BCUT2D eigenvalue weighted by Crippen LogP contribution is 2.31. The van der Waals surface area contributed by atoms with E-state index in [0.29, 0.717) is 11.8 Å². The predicted molar refractivity (Wildman–Crippen MR) is 104 cm³/mol. The first kappa shape index (κ1) is 17.5. The number of halogens is 1. The standard InChI is InChI=1S/C18H19ClN2OS2/c1-2-7-14-12-15-16(19)20-18(21-17(15)24-14)23-11-6-10-22-13-8-4-3-5-9-13/h3-5,8-9,12H,2,6-7,10-11H2,1H3. The summed E-state index contributed by atoms with van der Waals surface area (Å²) in [5.41, 5.74) is 0. The second-order valence-corrected chi connectivity index (χ2v) is 7.88. The highest BCUT2D eigenvalue weighted by atomic mass is 35.5. The third kappa shape index (κ3) is 4.62. The molecule has 0 atom stereocenters. The minimum atomic E-state index is 0.557. The number of para-hydroxylation sites is 1. The topological polar surface area (TPSA) is 35.0 Å². The second-order valence-electron chi connectivity index (χ2n) is 5.34. The molecule has 3 aromatic rings. The van der Waals surface area contributed by atoms with Gasteiger partial charge >= 0.3 is 0 Å². The summed E-state index contributed by atoms with van der Waals surface area (Å²) in [5.74, 6) is 1.81. The van der Waals surface area contributed by atoms with E-state index >= 15 is 0 Å². The summed E-state index contributed by atoms with van der Waals surface area (Å²) in [5, 5.41) is 2.28. The fraction of sp³-hybridized carbons (Fsp3) is 0.333. The SMILES string of the molecule is CCCc1cc2c(Cl)nc(SCCCOc3ccccc3)nc2s1. The molecule has 0 fully saturated rings. The normalized spacial score (nSPS) is 11.1. The maximum absolute atomic E-state index is 6.31. The second kappa shape index (κ2) is 8.70. The van der Waals surface area contributed by atoms with E-state index in [9.17, 15) is 0 Å². The molecule has 0 spiro atoms. The molecule has 0 N–H and O–H groups in total. The number of benzene rings is 1. The average Bonchev–Trinajstić information content (AvgIpc) is 2.99. The number of ether oxygens (including phenoxy) is 1. The minimum Gasteiger partial charge on any atom is -0.494 e. The average molecular weight is 379 g/mol. The van der Waals surface area contributed by atoms with Gasteiger partial charge in [-0.05, 0) is 31.0 Å². The Kier molecular flexibility index (Phi) is 6.35. The monoisotopic (exact) mass is 378 g/mol. The van der Waals surface area contributed by atoms with Gasteiger partial charge in [-0.1, -0.05) is 54.9 Å². The van der Waals surface area contributed by atoms with Gasteiger partial charge < -0.3 is 4.74 Å². The lowest BCUT2D eigenvalue weighted by Crippen LogP contribution is -1.99. The molecule has 24 heavy (non-hydrogen) atoms. The maximum atomic E-state index is 6.31. The summed E-state index contributed by atoms with van der Waals surface area (Å²) < 4.78 is 5.69. The fourth-order valence-electron chi connectivity index (χ4n) is 2.28. The van der Waals surface area contributed by atoms with Gasteiger partial charge in [0.15, 0.2) is 5.16 Å². The van der Waals surface area contributed by atoms with Gasteiger partial charge in [0.25, 0.3) is 0 Å². The summed E-state index contributed by atoms with van der Waals surface area (Å²) in [6.07, 6.45) is 3.13. The number of rotatable bonds is 8. The third-order valence-electron chi connectivity index (χ3n) is 3.40. The molecular weight excluding hydrogens is 360 g/mol. The van der Waals surface area contributed by atoms with Crippen LogP contribution in [0, 0.1) is 0 Å². The van der Waals surface area contributed by atoms with E-state index in [0.717, 1.165) is 46.1 Å². The van der Waals surface area contributed by atoms with E-state index < -0.39 is 0 Å². The zero-order chi connectivity index (χ0) is 16.8. The van der Waals surface area contributed by atoms with Crippen molar-refractivity contribution in [2.24, 2.45) is 0 Å². The van der Waals surface area contributed by atoms with Crippen LogP contribution < -0.4 is 4.74 Å². The summed E-state index contributed by atoms with van der Waals surface area (Å²) in [7, 11) is 0. The van der Waals surface area contributed by atoms with Crippen molar-refractivity contribution in [1.29, 1.82) is 0 Å². The number of aryl methyl sites for hydroxylation is 1. The first-order valence-corrected chi connectivity index (χ1v) is 10.2. The van der Waals surface area contributed by atoms with Crippen LogP contribution in [-0.4, -0.2) is 22.3 Å². The summed E-state index contributed by atoms with van der Waals surface area (Å²) in [6, 6.07) is 12.0. The fourth-order valence-corrected chi connectivity index (χ4v) is 4.55. The van der Waals surface area contributed by atoms with Crippen LogP contribution in [0.1, 0.15) is 24.6 Å². The Labute approximate surface area is 155 Å². The van der Waals surface area contributed by atoms with Gasteiger partial charge in [0, 0.05) is 16.0 Å². The van der Waals surface area contributed by atoms with Gasteiger partial charge in [-0.15, -0.1) is 11.3 Å². The van der Waals surface area contributed by atoms with Crippen LogP contribution in [0.3, 0.4) is 0 Å². The van der Waals surface area contributed by atoms with Crippen LogP contribution in [-0.2, 0) is 6.42 Å². The lowest BCUT2D eigenvalue weighted by atomic mass is 10.3. The highest BCUT2D eigenvalue weighted by Gasteiger charge is 2.10. The first-order valence-electron chi connectivity index (χ1n) is 8.03. The number of thiophene rings is 1. The molecule has 0 aliphatic carbocycles. The summed E-state index contributed by atoms with van der Waals surface area (Å²) >= 11 is 9.66.